The fraction of sp³-hybridized carbons (Fsp3) is 0.500. The summed E-state index contributed by atoms with van der Waals surface area (Å²) in [4.78, 5) is 13.9. The highest BCUT2D eigenvalue weighted by Gasteiger charge is 2.26. The standard InChI is InChI=1S/C22H30O2S/c1-21(2,3)18-11-9-16(10-12-18)14-17(15-19-8-7-13-25-19)20(23)24-22(4,5)6/h7-13,17H,14-15H2,1-6H3/t17-/m0/s1. The summed E-state index contributed by atoms with van der Waals surface area (Å²) < 4.78 is 5.66. The van der Waals surface area contributed by atoms with Gasteiger partial charge in [-0.05, 0) is 61.6 Å². The maximum atomic E-state index is 12.7. The maximum Gasteiger partial charge on any atom is 0.310 e. The zero-order valence-electron chi connectivity index (χ0n) is 16.3. The van der Waals surface area contributed by atoms with Crippen LogP contribution in [0, 0.1) is 5.92 Å². The summed E-state index contributed by atoms with van der Waals surface area (Å²) in [6, 6.07) is 12.8. The summed E-state index contributed by atoms with van der Waals surface area (Å²) in [6.07, 6.45) is 1.44. The van der Waals surface area contributed by atoms with Gasteiger partial charge in [0.1, 0.15) is 5.60 Å². The third-order valence-electron chi connectivity index (χ3n) is 4.07. The van der Waals surface area contributed by atoms with Gasteiger partial charge in [-0.3, -0.25) is 4.79 Å². The van der Waals surface area contributed by atoms with E-state index in [1.807, 2.05) is 26.8 Å². The monoisotopic (exact) mass is 358 g/mol. The van der Waals surface area contributed by atoms with Crippen molar-refractivity contribution in [2.75, 3.05) is 0 Å². The van der Waals surface area contributed by atoms with Crippen molar-refractivity contribution in [3.05, 3.63) is 57.8 Å². The van der Waals surface area contributed by atoms with Crippen LogP contribution in [0.4, 0.5) is 0 Å². The number of thiophene rings is 1. The second-order valence-electron chi connectivity index (χ2n) is 8.66. The molecule has 25 heavy (non-hydrogen) atoms. The average Bonchev–Trinajstić information content (AvgIpc) is 2.97. The van der Waals surface area contributed by atoms with Crippen LogP contribution in [0.5, 0.6) is 0 Å². The van der Waals surface area contributed by atoms with Crippen LogP contribution in [0.25, 0.3) is 0 Å². The number of hydrogen-bond donors (Lipinski definition) is 0. The van der Waals surface area contributed by atoms with E-state index < -0.39 is 5.60 Å². The molecular formula is C22H30O2S. The average molecular weight is 359 g/mol. The van der Waals surface area contributed by atoms with Gasteiger partial charge < -0.3 is 4.74 Å². The highest BCUT2D eigenvalue weighted by Crippen LogP contribution is 2.25. The molecule has 0 fully saturated rings. The number of carbonyl (C=O) groups excluding carboxylic acids is 1. The first-order valence-corrected chi connectivity index (χ1v) is 9.77. The summed E-state index contributed by atoms with van der Waals surface area (Å²) in [5, 5.41) is 2.06. The van der Waals surface area contributed by atoms with Crippen LogP contribution < -0.4 is 0 Å². The Morgan fingerprint density at radius 2 is 1.64 bits per heavy atom. The Labute approximate surface area is 156 Å². The van der Waals surface area contributed by atoms with Gasteiger partial charge in [-0.25, -0.2) is 0 Å². The largest absolute Gasteiger partial charge is 0.460 e. The second-order valence-corrected chi connectivity index (χ2v) is 9.70. The maximum absolute atomic E-state index is 12.7. The second kappa shape index (κ2) is 7.74. The Kier molecular flexibility index (Phi) is 6.10. The van der Waals surface area contributed by atoms with E-state index in [-0.39, 0.29) is 17.3 Å². The van der Waals surface area contributed by atoms with Crippen LogP contribution in [0.2, 0.25) is 0 Å². The molecule has 1 aromatic carbocycles. The van der Waals surface area contributed by atoms with Crippen molar-refractivity contribution in [3.63, 3.8) is 0 Å². The van der Waals surface area contributed by atoms with Crippen LogP contribution in [-0.4, -0.2) is 11.6 Å². The van der Waals surface area contributed by atoms with Gasteiger partial charge in [-0.1, -0.05) is 51.1 Å². The normalized spacial score (nSPS) is 13.5. The zero-order chi connectivity index (χ0) is 18.7. The van der Waals surface area contributed by atoms with E-state index in [1.165, 1.54) is 16.0 Å². The first-order valence-electron chi connectivity index (χ1n) is 8.89. The molecule has 2 rings (SSSR count). The van der Waals surface area contributed by atoms with Crippen molar-refractivity contribution in [3.8, 4) is 0 Å². The minimum absolute atomic E-state index is 0.110. The third-order valence-corrected chi connectivity index (χ3v) is 4.97. The molecule has 0 N–H and O–H groups in total. The van der Waals surface area contributed by atoms with Gasteiger partial charge in [0.05, 0.1) is 5.92 Å². The van der Waals surface area contributed by atoms with E-state index >= 15 is 0 Å². The Bertz CT molecular complexity index is 670. The Morgan fingerprint density at radius 3 is 2.12 bits per heavy atom. The smallest absolute Gasteiger partial charge is 0.310 e. The number of ether oxygens (including phenoxy) is 1. The molecule has 0 saturated heterocycles. The number of benzene rings is 1. The fourth-order valence-electron chi connectivity index (χ4n) is 2.72. The van der Waals surface area contributed by atoms with Crippen LogP contribution >= 0.6 is 11.3 Å². The molecule has 0 saturated carbocycles. The van der Waals surface area contributed by atoms with E-state index in [1.54, 1.807) is 11.3 Å². The summed E-state index contributed by atoms with van der Waals surface area (Å²) in [6.45, 7) is 12.4. The summed E-state index contributed by atoms with van der Waals surface area (Å²) in [5.41, 5.74) is 2.17. The molecule has 0 spiro atoms. The van der Waals surface area contributed by atoms with Crippen molar-refractivity contribution >= 4 is 17.3 Å². The molecule has 3 heteroatoms. The quantitative estimate of drug-likeness (QED) is 0.632. The molecule has 1 aromatic heterocycles. The molecule has 0 aliphatic carbocycles. The van der Waals surface area contributed by atoms with E-state index in [0.717, 1.165) is 6.42 Å². The van der Waals surface area contributed by atoms with Crippen molar-refractivity contribution < 1.29 is 9.53 Å². The SMILES string of the molecule is CC(C)(C)OC(=O)[C@@H](Cc1ccc(C(C)(C)C)cc1)Cc1cccs1. The van der Waals surface area contributed by atoms with Gasteiger partial charge in [0.2, 0.25) is 0 Å². The fourth-order valence-corrected chi connectivity index (χ4v) is 3.51. The van der Waals surface area contributed by atoms with Crippen molar-refractivity contribution in [2.45, 2.75) is 65.4 Å². The number of carbonyl (C=O) groups is 1. The summed E-state index contributed by atoms with van der Waals surface area (Å²) in [7, 11) is 0. The van der Waals surface area contributed by atoms with E-state index in [0.29, 0.717) is 6.42 Å². The van der Waals surface area contributed by atoms with Gasteiger partial charge in [0.15, 0.2) is 0 Å². The lowest BCUT2D eigenvalue weighted by molar-refractivity contribution is -0.159. The molecule has 1 atom stereocenters. The Hall–Kier alpha value is -1.61. The summed E-state index contributed by atoms with van der Waals surface area (Å²) in [5.74, 6) is -0.265. The summed E-state index contributed by atoms with van der Waals surface area (Å²) >= 11 is 1.70. The van der Waals surface area contributed by atoms with Gasteiger partial charge in [-0.2, -0.15) is 0 Å². The Balaban J connectivity index is 2.16. The number of esters is 1. The van der Waals surface area contributed by atoms with Gasteiger partial charge >= 0.3 is 5.97 Å². The molecule has 2 aromatic rings. The highest BCUT2D eigenvalue weighted by molar-refractivity contribution is 7.09. The zero-order valence-corrected chi connectivity index (χ0v) is 17.1. The molecule has 2 nitrogen and oxygen atoms in total. The van der Waals surface area contributed by atoms with Crippen molar-refractivity contribution in [2.24, 2.45) is 5.92 Å². The predicted molar refractivity (Wildman–Crippen MR) is 106 cm³/mol. The van der Waals surface area contributed by atoms with Crippen LogP contribution in [0.15, 0.2) is 41.8 Å². The van der Waals surface area contributed by atoms with Crippen LogP contribution in [0.3, 0.4) is 0 Å². The Morgan fingerprint density at radius 1 is 1.00 bits per heavy atom. The van der Waals surface area contributed by atoms with Crippen molar-refractivity contribution in [1.82, 2.24) is 0 Å². The lowest BCUT2D eigenvalue weighted by atomic mass is 9.86. The van der Waals surface area contributed by atoms with E-state index in [4.69, 9.17) is 4.74 Å². The van der Waals surface area contributed by atoms with E-state index in [2.05, 4.69) is 56.5 Å². The predicted octanol–water partition coefficient (Wildman–Crippen LogP) is 5.79. The minimum atomic E-state index is -0.457. The molecular weight excluding hydrogens is 328 g/mol. The molecule has 0 bridgehead atoms. The van der Waals surface area contributed by atoms with Crippen LogP contribution in [-0.2, 0) is 27.8 Å². The third kappa shape index (κ3) is 6.32. The first kappa shape index (κ1) is 19.7. The lowest BCUT2D eigenvalue weighted by Crippen LogP contribution is -2.30. The highest BCUT2D eigenvalue weighted by atomic mass is 32.1. The molecule has 0 aliphatic heterocycles. The molecule has 0 unspecified atom stereocenters. The minimum Gasteiger partial charge on any atom is -0.460 e. The van der Waals surface area contributed by atoms with Crippen LogP contribution in [0.1, 0.15) is 57.5 Å². The van der Waals surface area contributed by atoms with Gasteiger partial charge in [0, 0.05) is 4.88 Å². The lowest BCUT2D eigenvalue weighted by Gasteiger charge is -2.24. The molecule has 0 aliphatic rings. The first-order chi connectivity index (χ1) is 11.5. The number of hydrogen-bond acceptors (Lipinski definition) is 3. The molecule has 0 amide bonds. The number of rotatable bonds is 5. The molecule has 0 radical (unpaired) electrons. The topological polar surface area (TPSA) is 26.3 Å². The van der Waals surface area contributed by atoms with E-state index in [9.17, 15) is 4.79 Å². The molecule has 1 heterocycles. The molecule has 136 valence electrons. The van der Waals surface area contributed by atoms with Gasteiger partial charge in [-0.15, -0.1) is 11.3 Å². The van der Waals surface area contributed by atoms with Gasteiger partial charge in [0.25, 0.3) is 0 Å². The van der Waals surface area contributed by atoms with Crippen molar-refractivity contribution in [1.29, 1.82) is 0 Å².